The summed E-state index contributed by atoms with van der Waals surface area (Å²) >= 11 is 0. The Labute approximate surface area is 161 Å². The molecule has 0 fully saturated rings. The molecule has 3 aromatic rings. The summed E-state index contributed by atoms with van der Waals surface area (Å²) in [6, 6.07) is 12.9. The minimum atomic E-state index is -3.97. The Morgan fingerprint density at radius 2 is 1.71 bits per heavy atom. The number of nitrogens with zero attached hydrogens (tertiary/aromatic N) is 1. The summed E-state index contributed by atoms with van der Waals surface area (Å²) in [5, 5.41) is 1.29. The first kappa shape index (κ1) is 19.6. The third kappa shape index (κ3) is 4.23. The highest BCUT2D eigenvalue weighted by Crippen LogP contribution is 2.28. The van der Waals surface area contributed by atoms with E-state index in [-0.39, 0.29) is 17.0 Å². The summed E-state index contributed by atoms with van der Waals surface area (Å²) in [7, 11) is -3.97. The molecule has 3 rings (SSSR count). The number of carbonyl (C=O) groups excluding carboxylic acids is 1. The van der Waals surface area contributed by atoms with Gasteiger partial charge in [0.15, 0.2) is 9.84 Å². The zero-order valence-electron chi connectivity index (χ0n) is 14.5. The molecule has 5 nitrogen and oxygen atoms in total. The van der Waals surface area contributed by atoms with Crippen molar-refractivity contribution in [1.82, 2.24) is 10.3 Å². The summed E-state index contributed by atoms with van der Waals surface area (Å²) in [6.45, 7) is -0.307. The molecule has 1 N–H and O–H groups in total. The van der Waals surface area contributed by atoms with Gasteiger partial charge in [-0.05, 0) is 48.0 Å². The Morgan fingerprint density at radius 3 is 2.36 bits per heavy atom. The number of hydrogen-bond donors (Lipinski definition) is 1. The van der Waals surface area contributed by atoms with Gasteiger partial charge in [0.05, 0.1) is 10.5 Å². The van der Waals surface area contributed by atoms with Gasteiger partial charge >= 0.3 is 0 Å². The average Bonchev–Trinajstić information content (AvgIpc) is 2.69. The molecule has 0 bridgehead atoms. The summed E-state index contributed by atoms with van der Waals surface area (Å²) in [6.07, 6.45) is 2.87. The molecule has 0 saturated carbocycles. The summed E-state index contributed by atoms with van der Waals surface area (Å²) in [5.41, 5.74) is 0.160. The van der Waals surface area contributed by atoms with Crippen molar-refractivity contribution >= 4 is 15.7 Å². The molecule has 1 amide bonds. The lowest BCUT2D eigenvalue weighted by Crippen LogP contribution is -2.32. The van der Waals surface area contributed by atoms with Crippen LogP contribution in [0.5, 0.6) is 0 Å². The maximum absolute atomic E-state index is 13.8. The van der Waals surface area contributed by atoms with Crippen LogP contribution in [0.25, 0.3) is 0 Å². The van der Waals surface area contributed by atoms with Gasteiger partial charge < -0.3 is 5.32 Å². The number of rotatable bonds is 6. The van der Waals surface area contributed by atoms with Gasteiger partial charge in [0.25, 0.3) is 5.91 Å². The largest absolute Gasteiger partial charge is 0.350 e. The van der Waals surface area contributed by atoms with Crippen LogP contribution < -0.4 is 5.32 Å². The van der Waals surface area contributed by atoms with Crippen molar-refractivity contribution in [3.8, 4) is 0 Å². The molecule has 0 radical (unpaired) electrons. The molecule has 0 aliphatic carbocycles. The van der Waals surface area contributed by atoms with Gasteiger partial charge in [0, 0.05) is 18.9 Å². The fourth-order valence-electron chi connectivity index (χ4n) is 2.69. The van der Waals surface area contributed by atoms with Crippen LogP contribution in [0.4, 0.5) is 8.78 Å². The van der Waals surface area contributed by atoms with E-state index in [0.29, 0.717) is 5.56 Å². The van der Waals surface area contributed by atoms with Crippen molar-refractivity contribution in [3.63, 3.8) is 0 Å². The van der Waals surface area contributed by atoms with Crippen LogP contribution in [-0.2, 0) is 9.84 Å². The summed E-state index contributed by atoms with van der Waals surface area (Å²) in [5.74, 6) is -2.01. The van der Waals surface area contributed by atoms with E-state index in [1.807, 2.05) is 0 Å². The molecule has 1 atom stereocenters. The predicted molar refractivity (Wildman–Crippen MR) is 99.3 cm³/mol. The maximum Gasteiger partial charge on any atom is 0.254 e. The first-order valence-electron chi connectivity index (χ1n) is 8.31. The molecule has 8 heteroatoms. The van der Waals surface area contributed by atoms with E-state index in [1.165, 1.54) is 30.6 Å². The number of benzene rings is 2. The van der Waals surface area contributed by atoms with E-state index in [4.69, 9.17) is 0 Å². The molecule has 28 heavy (non-hydrogen) atoms. The van der Waals surface area contributed by atoms with Crippen LogP contribution in [-0.4, -0.2) is 25.9 Å². The van der Waals surface area contributed by atoms with Crippen molar-refractivity contribution in [3.05, 3.63) is 95.8 Å². The second kappa shape index (κ2) is 8.26. The molecule has 0 aliphatic rings. The fourth-order valence-corrected chi connectivity index (χ4v) is 4.33. The predicted octanol–water partition coefficient (Wildman–Crippen LogP) is 3.30. The lowest BCUT2D eigenvalue weighted by Gasteiger charge is -2.19. The zero-order chi connectivity index (χ0) is 20.1. The number of hydrogen-bond acceptors (Lipinski definition) is 4. The maximum atomic E-state index is 13.8. The highest BCUT2D eigenvalue weighted by atomic mass is 32.2. The van der Waals surface area contributed by atoms with E-state index in [0.717, 1.165) is 30.3 Å². The Balaban J connectivity index is 1.91. The highest BCUT2D eigenvalue weighted by molar-refractivity contribution is 7.91. The van der Waals surface area contributed by atoms with Crippen LogP contribution in [0.15, 0.2) is 78.0 Å². The zero-order valence-corrected chi connectivity index (χ0v) is 15.4. The van der Waals surface area contributed by atoms with Crippen LogP contribution in [0, 0.1) is 11.6 Å². The normalized spacial score (nSPS) is 12.4. The first-order chi connectivity index (χ1) is 13.4. The van der Waals surface area contributed by atoms with Gasteiger partial charge in [-0.2, -0.15) is 0 Å². The van der Waals surface area contributed by atoms with E-state index >= 15 is 0 Å². The number of aromatic nitrogens is 1. The second-order valence-electron chi connectivity index (χ2n) is 5.96. The molecule has 0 unspecified atom stereocenters. The van der Waals surface area contributed by atoms with Gasteiger partial charge in [-0.1, -0.05) is 18.2 Å². The minimum Gasteiger partial charge on any atom is -0.350 e. The number of carbonyl (C=O) groups is 1. The van der Waals surface area contributed by atoms with Crippen molar-refractivity contribution in [2.24, 2.45) is 0 Å². The van der Waals surface area contributed by atoms with Crippen molar-refractivity contribution in [2.45, 2.75) is 10.1 Å². The van der Waals surface area contributed by atoms with E-state index in [9.17, 15) is 22.0 Å². The summed E-state index contributed by atoms with van der Waals surface area (Å²) in [4.78, 5) is 16.1. The van der Waals surface area contributed by atoms with Crippen molar-refractivity contribution in [1.29, 1.82) is 0 Å². The van der Waals surface area contributed by atoms with Crippen molar-refractivity contribution in [2.75, 3.05) is 6.54 Å². The van der Waals surface area contributed by atoms with Crippen LogP contribution in [0.2, 0.25) is 0 Å². The van der Waals surface area contributed by atoms with E-state index in [2.05, 4.69) is 10.3 Å². The first-order valence-corrected chi connectivity index (χ1v) is 9.86. The van der Waals surface area contributed by atoms with E-state index < -0.39 is 32.6 Å². The topological polar surface area (TPSA) is 76.1 Å². The van der Waals surface area contributed by atoms with Crippen molar-refractivity contribution < 1.29 is 22.0 Å². The highest BCUT2D eigenvalue weighted by Gasteiger charge is 2.30. The Bertz CT molecular complexity index is 1070. The van der Waals surface area contributed by atoms with Crippen LogP contribution in [0.3, 0.4) is 0 Å². The molecule has 1 heterocycles. The van der Waals surface area contributed by atoms with Gasteiger partial charge in [0.1, 0.15) is 16.9 Å². The fraction of sp³-hybridized carbons (Fsp3) is 0.100. The molecule has 1 aromatic heterocycles. The average molecular weight is 402 g/mol. The number of sulfone groups is 1. The molecule has 0 spiro atoms. The molecular formula is C20H16F2N2O3S. The monoisotopic (exact) mass is 402 g/mol. The quantitative estimate of drug-likeness (QED) is 0.642. The van der Waals surface area contributed by atoms with Gasteiger partial charge in [-0.25, -0.2) is 17.2 Å². The van der Waals surface area contributed by atoms with Gasteiger partial charge in [-0.3, -0.25) is 9.78 Å². The van der Waals surface area contributed by atoms with Gasteiger partial charge in [0.2, 0.25) is 0 Å². The molecular weight excluding hydrogens is 386 g/mol. The lowest BCUT2D eigenvalue weighted by atomic mass is 10.2. The number of nitrogens with one attached hydrogen (secondary N) is 1. The van der Waals surface area contributed by atoms with E-state index in [1.54, 1.807) is 12.1 Å². The van der Waals surface area contributed by atoms with Gasteiger partial charge in [-0.15, -0.1) is 0 Å². The molecule has 2 aromatic carbocycles. The SMILES string of the molecule is O=C(NC[C@H](c1cccnc1)S(=O)(=O)c1ccc(F)cc1)c1ccccc1F. The number of halogens is 2. The molecule has 0 aliphatic heterocycles. The Hall–Kier alpha value is -3.13. The second-order valence-corrected chi connectivity index (χ2v) is 8.09. The Kier molecular flexibility index (Phi) is 5.79. The third-order valence-corrected chi connectivity index (χ3v) is 6.26. The van der Waals surface area contributed by atoms with Crippen LogP contribution >= 0.6 is 0 Å². The Morgan fingerprint density at radius 1 is 1.00 bits per heavy atom. The van der Waals surface area contributed by atoms with Crippen LogP contribution in [0.1, 0.15) is 21.2 Å². The minimum absolute atomic E-state index is 0.0945. The lowest BCUT2D eigenvalue weighted by molar-refractivity contribution is 0.0949. The smallest absolute Gasteiger partial charge is 0.254 e. The number of pyridine rings is 1. The third-order valence-electron chi connectivity index (χ3n) is 4.14. The standard InChI is InChI=1S/C20H16F2N2O3S/c21-15-7-9-16(10-8-15)28(26,27)19(14-4-3-11-23-12-14)13-24-20(25)17-5-1-2-6-18(17)22/h1-12,19H,13H2,(H,24,25)/t19-/m1/s1. The summed E-state index contributed by atoms with van der Waals surface area (Å²) < 4.78 is 53.1. The number of amides is 1. The molecule has 0 saturated heterocycles. The molecule has 144 valence electrons.